The van der Waals surface area contributed by atoms with Crippen LogP contribution >= 0.6 is 0 Å². The Morgan fingerprint density at radius 3 is 2.88 bits per heavy atom. The van der Waals surface area contributed by atoms with E-state index in [-0.39, 0.29) is 18.8 Å². The molecule has 0 radical (unpaired) electrons. The van der Waals surface area contributed by atoms with Crippen LogP contribution in [0.2, 0.25) is 0 Å². The van der Waals surface area contributed by atoms with Crippen LogP contribution in [0, 0.1) is 0 Å². The zero-order chi connectivity index (χ0) is 18.0. The number of hydrogen-bond donors (Lipinski definition) is 1. The summed E-state index contributed by atoms with van der Waals surface area (Å²) in [6, 6.07) is 7.62. The SMILES string of the molecule is C=C(C)C(=O)OCCN1Cc2ccccc2C1(O)C1=CC=CC(=O)C1. The van der Waals surface area contributed by atoms with E-state index in [0.717, 1.165) is 11.1 Å². The largest absolute Gasteiger partial charge is 0.461 e. The average molecular weight is 339 g/mol. The predicted octanol–water partition coefficient (Wildman–Crippen LogP) is 2.22. The van der Waals surface area contributed by atoms with Crippen LogP contribution < -0.4 is 0 Å². The maximum atomic E-state index is 11.8. The first-order valence-electron chi connectivity index (χ1n) is 8.22. The van der Waals surface area contributed by atoms with E-state index in [4.69, 9.17) is 4.74 Å². The zero-order valence-electron chi connectivity index (χ0n) is 14.2. The van der Waals surface area contributed by atoms with Crippen LogP contribution in [0.1, 0.15) is 24.5 Å². The van der Waals surface area contributed by atoms with Gasteiger partial charge in [-0.25, -0.2) is 4.79 Å². The van der Waals surface area contributed by atoms with E-state index in [9.17, 15) is 14.7 Å². The van der Waals surface area contributed by atoms with Crippen molar-refractivity contribution in [3.63, 3.8) is 0 Å². The number of hydrogen-bond acceptors (Lipinski definition) is 5. The van der Waals surface area contributed by atoms with Crippen molar-refractivity contribution in [2.24, 2.45) is 0 Å². The number of ether oxygens (including phenoxy) is 1. The molecule has 2 aliphatic rings. The Balaban J connectivity index is 1.86. The molecule has 130 valence electrons. The van der Waals surface area contributed by atoms with Crippen LogP contribution in [0.4, 0.5) is 0 Å². The highest BCUT2D eigenvalue weighted by molar-refractivity contribution is 5.93. The molecule has 0 amide bonds. The van der Waals surface area contributed by atoms with Gasteiger partial charge in [-0.3, -0.25) is 9.69 Å². The molecule has 1 aliphatic heterocycles. The van der Waals surface area contributed by atoms with Crippen molar-refractivity contribution < 1.29 is 19.4 Å². The fourth-order valence-corrected chi connectivity index (χ4v) is 3.29. The van der Waals surface area contributed by atoms with Gasteiger partial charge in [-0.2, -0.15) is 0 Å². The number of allylic oxidation sites excluding steroid dienone is 3. The van der Waals surface area contributed by atoms with E-state index < -0.39 is 11.7 Å². The third kappa shape index (κ3) is 3.21. The van der Waals surface area contributed by atoms with Gasteiger partial charge < -0.3 is 9.84 Å². The van der Waals surface area contributed by atoms with Gasteiger partial charge in [0.2, 0.25) is 0 Å². The van der Waals surface area contributed by atoms with E-state index in [0.29, 0.717) is 24.2 Å². The molecule has 1 unspecified atom stereocenters. The number of esters is 1. The Kier molecular flexibility index (Phi) is 4.70. The average Bonchev–Trinajstić information content (AvgIpc) is 2.88. The third-order valence-electron chi connectivity index (χ3n) is 4.55. The minimum atomic E-state index is -1.37. The van der Waals surface area contributed by atoms with Crippen LogP contribution in [-0.4, -0.2) is 34.9 Å². The van der Waals surface area contributed by atoms with Crippen LogP contribution in [0.5, 0.6) is 0 Å². The molecule has 1 aliphatic carbocycles. The molecule has 3 rings (SSSR count). The number of carbonyl (C=O) groups is 2. The highest BCUT2D eigenvalue weighted by atomic mass is 16.5. The van der Waals surface area contributed by atoms with Gasteiger partial charge in [0.25, 0.3) is 0 Å². The Morgan fingerprint density at radius 2 is 2.16 bits per heavy atom. The van der Waals surface area contributed by atoms with Crippen molar-refractivity contribution in [1.82, 2.24) is 4.90 Å². The van der Waals surface area contributed by atoms with Gasteiger partial charge in [0, 0.05) is 30.6 Å². The maximum absolute atomic E-state index is 11.8. The molecular weight excluding hydrogens is 318 g/mol. The summed E-state index contributed by atoms with van der Waals surface area (Å²) < 4.78 is 5.17. The van der Waals surface area contributed by atoms with Crippen molar-refractivity contribution in [2.45, 2.75) is 25.6 Å². The smallest absolute Gasteiger partial charge is 0.333 e. The van der Waals surface area contributed by atoms with Crippen molar-refractivity contribution in [2.75, 3.05) is 13.2 Å². The molecule has 0 spiro atoms. The molecule has 1 N–H and O–H groups in total. The number of rotatable bonds is 5. The van der Waals surface area contributed by atoms with Gasteiger partial charge in [-0.05, 0) is 24.1 Å². The lowest BCUT2D eigenvalue weighted by atomic mass is 9.88. The first kappa shape index (κ1) is 17.3. The molecule has 5 nitrogen and oxygen atoms in total. The minimum absolute atomic E-state index is 0.0380. The summed E-state index contributed by atoms with van der Waals surface area (Å²) in [5, 5.41) is 11.5. The standard InChI is InChI=1S/C20H21NO4/c1-14(2)19(23)25-11-10-21-13-15-6-3-4-9-18(15)20(21,24)16-7-5-8-17(22)12-16/h3-9,24H,1,10-13H2,2H3. The van der Waals surface area contributed by atoms with Gasteiger partial charge in [0.1, 0.15) is 6.61 Å². The maximum Gasteiger partial charge on any atom is 0.333 e. The topological polar surface area (TPSA) is 66.8 Å². The predicted molar refractivity (Wildman–Crippen MR) is 93.4 cm³/mol. The monoisotopic (exact) mass is 339 g/mol. The van der Waals surface area contributed by atoms with E-state index in [1.807, 2.05) is 29.2 Å². The van der Waals surface area contributed by atoms with Gasteiger partial charge in [-0.1, -0.05) is 43.0 Å². The molecule has 1 aromatic carbocycles. The summed E-state index contributed by atoms with van der Waals surface area (Å²) in [7, 11) is 0. The number of ketones is 1. The van der Waals surface area contributed by atoms with Crippen LogP contribution in [0.15, 0.2) is 60.2 Å². The summed E-state index contributed by atoms with van der Waals surface area (Å²) in [5.74, 6) is -0.487. The van der Waals surface area contributed by atoms with Gasteiger partial charge in [-0.15, -0.1) is 0 Å². The lowest BCUT2D eigenvalue weighted by Gasteiger charge is -2.36. The lowest BCUT2D eigenvalue weighted by molar-refractivity contribution is -0.142. The molecule has 0 saturated heterocycles. The molecular formula is C20H21NO4. The number of carbonyl (C=O) groups excluding carboxylic acids is 2. The lowest BCUT2D eigenvalue weighted by Crippen LogP contribution is -2.45. The normalized spacial score (nSPS) is 22.5. The summed E-state index contributed by atoms with van der Waals surface area (Å²) in [6.07, 6.45) is 5.13. The van der Waals surface area contributed by atoms with Gasteiger partial charge in [0.15, 0.2) is 11.5 Å². The third-order valence-corrected chi connectivity index (χ3v) is 4.55. The van der Waals surface area contributed by atoms with Crippen molar-refractivity contribution in [3.05, 3.63) is 71.3 Å². The summed E-state index contributed by atoms with van der Waals surface area (Å²) >= 11 is 0. The van der Waals surface area contributed by atoms with Crippen molar-refractivity contribution in [1.29, 1.82) is 0 Å². The molecule has 0 aromatic heterocycles. The molecule has 1 atom stereocenters. The second kappa shape index (κ2) is 6.78. The van der Waals surface area contributed by atoms with E-state index in [2.05, 4.69) is 6.58 Å². The van der Waals surface area contributed by atoms with Crippen LogP contribution in [0.3, 0.4) is 0 Å². The van der Waals surface area contributed by atoms with E-state index in [1.165, 1.54) is 6.08 Å². The van der Waals surface area contributed by atoms with E-state index in [1.54, 1.807) is 19.1 Å². The minimum Gasteiger partial charge on any atom is -0.461 e. The number of fused-ring (bicyclic) bond motifs is 1. The molecule has 0 bridgehead atoms. The summed E-state index contributed by atoms with van der Waals surface area (Å²) in [4.78, 5) is 25.2. The molecule has 0 fully saturated rings. The van der Waals surface area contributed by atoms with Crippen LogP contribution in [-0.2, 0) is 26.6 Å². The second-order valence-corrected chi connectivity index (χ2v) is 6.36. The Morgan fingerprint density at radius 1 is 1.40 bits per heavy atom. The van der Waals surface area contributed by atoms with Crippen molar-refractivity contribution in [3.8, 4) is 0 Å². The molecule has 1 heterocycles. The van der Waals surface area contributed by atoms with E-state index >= 15 is 0 Å². The fraction of sp³-hybridized carbons (Fsp3) is 0.300. The first-order valence-corrected chi connectivity index (χ1v) is 8.22. The highest BCUT2D eigenvalue weighted by Gasteiger charge is 2.46. The first-order chi connectivity index (χ1) is 11.9. The van der Waals surface area contributed by atoms with Gasteiger partial charge in [0.05, 0.1) is 0 Å². The van der Waals surface area contributed by atoms with Crippen molar-refractivity contribution >= 4 is 11.8 Å². The number of aliphatic hydroxyl groups is 1. The molecule has 1 aromatic rings. The Hall–Kier alpha value is -2.50. The zero-order valence-corrected chi connectivity index (χ0v) is 14.2. The highest BCUT2D eigenvalue weighted by Crippen LogP contribution is 2.43. The number of benzene rings is 1. The second-order valence-electron chi connectivity index (χ2n) is 6.36. The Labute approximate surface area is 146 Å². The molecule has 5 heteroatoms. The fourth-order valence-electron chi connectivity index (χ4n) is 3.29. The molecule has 0 saturated carbocycles. The Bertz CT molecular complexity index is 793. The summed E-state index contributed by atoms with van der Waals surface area (Å²) in [5.41, 5.74) is 1.38. The summed E-state index contributed by atoms with van der Waals surface area (Å²) in [6.45, 7) is 6.15. The quantitative estimate of drug-likeness (QED) is 0.658. The molecule has 25 heavy (non-hydrogen) atoms. The van der Waals surface area contributed by atoms with Crippen LogP contribution in [0.25, 0.3) is 0 Å². The number of nitrogens with zero attached hydrogens (tertiary/aromatic N) is 1. The van der Waals surface area contributed by atoms with Gasteiger partial charge >= 0.3 is 5.97 Å².